The van der Waals surface area contributed by atoms with Gasteiger partial charge in [0.1, 0.15) is 0 Å². The van der Waals surface area contributed by atoms with E-state index in [1.807, 2.05) is 0 Å². The molecule has 0 atom stereocenters. The molecule has 0 saturated carbocycles. The van der Waals surface area contributed by atoms with Crippen molar-refractivity contribution >= 4 is 5.95 Å². The Morgan fingerprint density at radius 3 is 3.00 bits per heavy atom. The molecule has 104 valence electrons. The average Bonchev–Trinajstić information content (AvgIpc) is 3.17. The lowest BCUT2D eigenvalue weighted by Gasteiger charge is -2.18. The first kappa shape index (κ1) is 11.9. The molecule has 1 aromatic heterocycles. The minimum atomic E-state index is 0.658. The predicted octanol–water partition coefficient (Wildman–Crippen LogP) is 1.98. The molecule has 5 nitrogen and oxygen atoms in total. The normalized spacial score (nSPS) is 18.3. The Bertz CT molecular complexity index is 616. The van der Waals surface area contributed by atoms with Crippen molar-refractivity contribution in [3.63, 3.8) is 0 Å². The van der Waals surface area contributed by atoms with Crippen molar-refractivity contribution in [2.45, 2.75) is 25.8 Å². The minimum absolute atomic E-state index is 0.658. The highest BCUT2D eigenvalue weighted by atomic mass is 16.5. The van der Waals surface area contributed by atoms with Crippen molar-refractivity contribution in [1.29, 1.82) is 0 Å². The van der Waals surface area contributed by atoms with Crippen LogP contribution in [0.3, 0.4) is 0 Å². The quantitative estimate of drug-likeness (QED) is 0.904. The summed E-state index contributed by atoms with van der Waals surface area (Å²) >= 11 is 0. The number of hydrogen-bond donors (Lipinski definition) is 1. The first-order chi connectivity index (χ1) is 9.92. The van der Waals surface area contributed by atoms with Crippen LogP contribution in [0.5, 0.6) is 0 Å². The Kier molecular flexibility index (Phi) is 2.92. The van der Waals surface area contributed by atoms with E-state index in [2.05, 4.69) is 38.6 Å². The van der Waals surface area contributed by atoms with E-state index in [0.29, 0.717) is 5.89 Å². The van der Waals surface area contributed by atoms with Crippen LogP contribution in [-0.4, -0.2) is 29.8 Å². The summed E-state index contributed by atoms with van der Waals surface area (Å²) in [5, 5.41) is 7.54. The van der Waals surface area contributed by atoms with E-state index in [0.717, 1.165) is 44.1 Å². The zero-order chi connectivity index (χ0) is 13.4. The third kappa shape index (κ3) is 1.98. The van der Waals surface area contributed by atoms with Gasteiger partial charge in [0, 0.05) is 25.2 Å². The monoisotopic (exact) mass is 270 g/mol. The summed E-state index contributed by atoms with van der Waals surface area (Å²) in [7, 11) is 0. The molecule has 0 spiro atoms. The lowest BCUT2D eigenvalue weighted by atomic mass is 9.95. The number of hydrogen-bond acceptors (Lipinski definition) is 5. The first-order valence-electron chi connectivity index (χ1n) is 7.32. The predicted molar refractivity (Wildman–Crippen MR) is 76.6 cm³/mol. The molecule has 20 heavy (non-hydrogen) atoms. The second kappa shape index (κ2) is 4.90. The topological polar surface area (TPSA) is 54.2 Å². The van der Waals surface area contributed by atoms with Gasteiger partial charge >= 0.3 is 0 Å². The molecule has 0 unspecified atom stereocenters. The van der Waals surface area contributed by atoms with E-state index in [-0.39, 0.29) is 0 Å². The van der Waals surface area contributed by atoms with E-state index < -0.39 is 0 Å². The van der Waals surface area contributed by atoms with E-state index in [4.69, 9.17) is 4.52 Å². The summed E-state index contributed by atoms with van der Waals surface area (Å²) in [6, 6.07) is 6.33. The highest BCUT2D eigenvalue weighted by molar-refractivity contribution is 5.62. The maximum Gasteiger partial charge on any atom is 0.266 e. The molecule has 3 heterocycles. The summed E-state index contributed by atoms with van der Waals surface area (Å²) in [5.74, 6) is 1.40. The van der Waals surface area contributed by atoms with Gasteiger partial charge < -0.3 is 14.7 Å². The van der Waals surface area contributed by atoms with Gasteiger partial charge in [0.25, 0.3) is 11.8 Å². The number of benzene rings is 1. The average molecular weight is 270 g/mol. The molecule has 1 fully saturated rings. The van der Waals surface area contributed by atoms with Crippen LogP contribution in [0.25, 0.3) is 11.5 Å². The molecule has 0 radical (unpaired) electrons. The van der Waals surface area contributed by atoms with Crippen LogP contribution in [0.4, 0.5) is 5.95 Å². The van der Waals surface area contributed by atoms with E-state index in [9.17, 15) is 0 Å². The Hall–Kier alpha value is -1.88. The number of nitrogens with one attached hydrogen (secondary N) is 1. The summed E-state index contributed by atoms with van der Waals surface area (Å²) in [6.07, 6.45) is 3.46. The molecule has 2 aliphatic heterocycles. The zero-order valence-corrected chi connectivity index (χ0v) is 11.4. The van der Waals surface area contributed by atoms with E-state index >= 15 is 0 Å². The Morgan fingerprint density at radius 1 is 1.20 bits per heavy atom. The van der Waals surface area contributed by atoms with E-state index in [1.54, 1.807) is 0 Å². The number of nitrogens with zero attached hydrogens (tertiary/aromatic N) is 3. The molecule has 1 saturated heterocycles. The lowest BCUT2D eigenvalue weighted by molar-refractivity contribution is 0.429. The van der Waals surface area contributed by atoms with Gasteiger partial charge in [-0.05, 0) is 48.2 Å². The third-order valence-corrected chi connectivity index (χ3v) is 4.17. The number of anilines is 1. The molecule has 2 aliphatic rings. The molecule has 4 rings (SSSR count). The molecular weight excluding hydrogens is 252 g/mol. The first-order valence-corrected chi connectivity index (χ1v) is 7.32. The van der Waals surface area contributed by atoms with Crippen LogP contribution in [0.15, 0.2) is 22.7 Å². The van der Waals surface area contributed by atoms with Crippen LogP contribution in [-0.2, 0) is 13.0 Å². The van der Waals surface area contributed by atoms with Gasteiger partial charge in [-0.15, -0.1) is 0 Å². The second-order valence-electron chi connectivity index (χ2n) is 5.46. The fraction of sp³-hybridized carbons (Fsp3) is 0.467. The number of rotatable bonds is 2. The summed E-state index contributed by atoms with van der Waals surface area (Å²) in [4.78, 5) is 6.80. The van der Waals surface area contributed by atoms with Crippen molar-refractivity contribution in [1.82, 2.24) is 15.5 Å². The standard InChI is InChI=1S/C15H18N4O/c1-2-9-19(8-1)15-17-14(20-18-15)13-5-3-4-11-10-16-7-6-12(11)13/h3-5,16H,1-2,6-10H2. The summed E-state index contributed by atoms with van der Waals surface area (Å²) in [5.41, 5.74) is 3.79. The van der Waals surface area contributed by atoms with E-state index in [1.165, 1.54) is 24.0 Å². The summed E-state index contributed by atoms with van der Waals surface area (Å²) in [6.45, 7) is 4.01. The van der Waals surface area contributed by atoms with Crippen LogP contribution in [0, 0.1) is 0 Å². The molecule has 5 heteroatoms. The minimum Gasteiger partial charge on any atom is -0.338 e. The fourth-order valence-electron chi connectivity index (χ4n) is 3.10. The lowest BCUT2D eigenvalue weighted by Crippen LogP contribution is -2.24. The van der Waals surface area contributed by atoms with Gasteiger partial charge in [-0.2, -0.15) is 4.98 Å². The number of aromatic nitrogens is 2. The third-order valence-electron chi connectivity index (χ3n) is 4.17. The van der Waals surface area contributed by atoms with Crippen LogP contribution in [0.1, 0.15) is 24.0 Å². The van der Waals surface area contributed by atoms with Gasteiger partial charge in [0.15, 0.2) is 0 Å². The molecular formula is C15H18N4O. The molecule has 1 aromatic carbocycles. The van der Waals surface area contributed by atoms with Crippen molar-refractivity contribution in [3.8, 4) is 11.5 Å². The van der Waals surface area contributed by atoms with Crippen molar-refractivity contribution in [2.24, 2.45) is 0 Å². The Balaban J connectivity index is 1.70. The largest absolute Gasteiger partial charge is 0.338 e. The second-order valence-corrected chi connectivity index (χ2v) is 5.46. The molecule has 0 bridgehead atoms. The van der Waals surface area contributed by atoms with Crippen molar-refractivity contribution < 1.29 is 4.52 Å². The van der Waals surface area contributed by atoms with Gasteiger partial charge in [-0.3, -0.25) is 0 Å². The van der Waals surface area contributed by atoms with Crippen LogP contribution < -0.4 is 10.2 Å². The maximum absolute atomic E-state index is 5.51. The smallest absolute Gasteiger partial charge is 0.266 e. The van der Waals surface area contributed by atoms with Gasteiger partial charge in [-0.25, -0.2) is 0 Å². The Labute approximate surface area is 118 Å². The van der Waals surface area contributed by atoms with Crippen molar-refractivity contribution in [3.05, 3.63) is 29.3 Å². The van der Waals surface area contributed by atoms with Gasteiger partial charge in [0.2, 0.25) is 0 Å². The SMILES string of the molecule is c1cc2c(c(-c3nc(N4CCCC4)no3)c1)CCNC2. The highest BCUT2D eigenvalue weighted by Crippen LogP contribution is 2.29. The van der Waals surface area contributed by atoms with Gasteiger partial charge in [0.05, 0.1) is 0 Å². The molecule has 2 aromatic rings. The maximum atomic E-state index is 5.51. The zero-order valence-electron chi connectivity index (χ0n) is 11.4. The Morgan fingerprint density at radius 2 is 2.10 bits per heavy atom. The molecule has 0 amide bonds. The molecule has 1 N–H and O–H groups in total. The fourth-order valence-corrected chi connectivity index (χ4v) is 3.10. The van der Waals surface area contributed by atoms with Crippen LogP contribution in [0.2, 0.25) is 0 Å². The highest BCUT2D eigenvalue weighted by Gasteiger charge is 2.21. The molecule has 0 aliphatic carbocycles. The van der Waals surface area contributed by atoms with Crippen LogP contribution >= 0.6 is 0 Å². The van der Waals surface area contributed by atoms with Crippen molar-refractivity contribution in [2.75, 3.05) is 24.5 Å². The number of fused-ring (bicyclic) bond motifs is 1. The summed E-state index contributed by atoms with van der Waals surface area (Å²) < 4.78 is 5.51. The van der Waals surface area contributed by atoms with Gasteiger partial charge in [-0.1, -0.05) is 12.1 Å².